The maximum Gasteiger partial charge on any atom is 0.341 e. The van der Waals surface area contributed by atoms with E-state index >= 15 is 0 Å². The van der Waals surface area contributed by atoms with Crippen LogP contribution in [0.15, 0.2) is 24.3 Å². The van der Waals surface area contributed by atoms with Gasteiger partial charge in [-0.05, 0) is 73.5 Å². The number of hydrogen-bond donors (Lipinski definition) is 2. The van der Waals surface area contributed by atoms with Crippen molar-refractivity contribution in [3.63, 3.8) is 0 Å². The molecule has 1 aliphatic rings. The quantitative estimate of drug-likeness (QED) is 0.412. The van der Waals surface area contributed by atoms with Crippen LogP contribution in [0.5, 0.6) is 0 Å². The fraction of sp³-hybridized carbons (Fsp3) is 0.458. The number of halogens is 1. The van der Waals surface area contributed by atoms with Crippen molar-refractivity contribution < 1.29 is 18.7 Å². The smallest absolute Gasteiger partial charge is 0.341 e. The third kappa shape index (κ3) is 5.35. The van der Waals surface area contributed by atoms with E-state index in [1.807, 2.05) is 0 Å². The molecule has 2 aromatic rings. The molecule has 0 fully saturated rings. The van der Waals surface area contributed by atoms with Crippen molar-refractivity contribution in [2.24, 2.45) is 11.3 Å². The highest BCUT2D eigenvalue weighted by Gasteiger charge is 2.35. The predicted octanol–water partition coefficient (Wildman–Crippen LogP) is 5.73. The molecule has 1 aromatic heterocycles. The minimum absolute atomic E-state index is 0.0499. The summed E-state index contributed by atoms with van der Waals surface area (Å²) in [4.78, 5) is 26.3. The van der Waals surface area contributed by atoms with Crippen molar-refractivity contribution in [3.05, 3.63) is 51.7 Å². The summed E-state index contributed by atoms with van der Waals surface area (Å²) in [6, 6.07) is 5.37. The molecule has 0 unspecified atom stereocenters. The lowest BCUT2D eigenvalue weighted by atomic mass is 9.69. The summed E-state index contributed by atoms with van der Waals surface area (Å²) in [5.41, 5.74) is 1.89. The molecule has 1 aliphatic carbocycles. The number of esters is 1. The summed E-state index contributed by atoms with van der Waals surface area (Å²) in [7, 11) is 0. The molecule has 5 nitrogen and oxygen atoms in total. The molecule has 8 heteroatoms. The SMILES string of the molecule is CCOC(=O)c1c(NC(=S)NC(=O)c2cccc(F)c2)sc2c1CC[C@H](C(C)(C)CC)C2. The molecular formula is C24H29FN2O3S2. The van der Waals surface area contributed by atoms with Crippen LogP contribution in [-0.4, -0.2) is 23.6 Å². The van der Waals surface area contributed by atoms with Crippen molar-refractivity contribution in [1.82, 2.24) is 5.32 Å². The van der Waals surface area contributed by atoms with E-state index in [1.165, 1.54) is 29.5 Å². The predicted molar refractivity (Wildman–Crippen MR) is 130 cm³/mol. The van der Waals surface area contributed by atoms with E-state index in [1.54, 1.807) is 6.92 Å². The van der Waals surface area contributed by atoms with E-state index in [0.717, 1.165) is 42.2 Å². The molecule has 32 heavy (non-hydrogen) atoms. The van der Waals surface area contributed by atoms with Crippen molar-refractivity contribution in [2.45, 2.75) is 53.4 Å². The molecule has 0 spiro atoms. The maximum absolute atomic E-state index is 13.4. The second kappa shape index (κ2) is 10.1. The topological polar surface area (TPSA) is 67.4 Å². The fourth-order valence-electron chi connectivity index (χ4n) is 3.99. The zero-order valence-corrected chi connectivity index (χ0v) is 20.5. The van der Waals surface area contributed by atoms with Gasteiger partial charge in [-0.15, -0.1) is 11.3 Å². The standard InChI is InChI=1S/C24H29FN2O3S2/c1-5-24(3,4)15-10-11-17-18(13-15)32-21(19(17)22(29)30-6-2)27-23(31)26-20(28)14-8-7-9-16(25)12-14/h7-9,12,15H,5-6,10-11,13H2,1-4H3,(H2,26,27,28,31)/t15-/m0/s1. The van der Waals surface area contributed by atoms with Gasteiger partial charge in [0.1, 0.15) is 10.8 Å². The Morgan fingerprint density at radius 1 is 1.31 bits per heavy atom. The number of anilines is 1. The second-order valence-corrected chi connectivity index (χ2v) is 10.1. The normalized spacial score (nSPS) is 15.6. The molecule has 1 atom stereocenters. The molecular weight excluding hydrogens is 447 g/mol. The van der Waals surface area contributed by atoms with E-state index < -0.39 is 11.7 Å². The second-order valence-electron chi connectivity index (χ2n) is 8.63. The highest BCUT2D eigenvalue weighted by atomic mass is 32.1. The molecule has 1 heterocycles. The van der Waals surface area contributed by atoms with Gasteiger partial charge in [-0.1, -0.05) is 33.3 Å². The van der Waals surface area contributed by atoms with E-state index in [-0.39, 0.29) is 28.7 Å². The number of hydrogen-bond acceptors (Lipinski definition) is 5. The van der Waals surface area contributed by atoms with Crippen LogP contribution in [0.25, 0.3) is 0 Å². The largest absolute Gasteiger partial charge is 0.462 e. The summed E-state index contributed by atoms with van der Waals surface area (Å²) in [6.45, 7) is 8.83. The molecule has 1 amide bonds. The van der Waals surface area contributed by atoms with Crippen molar-refractivity contribution >= 4 is 45.5 Å². The fourth-order valence-corrected chi connectivity index (χ4v) is 5.57. The lowest BCUT2D eigenvalue weighted by Crippen LogP contribution is -2.34. The first-order valence-electron chi connectivity index (χ1n) is 10.9. The van der Waals surface area contributed by atoms with Crippen molar-refractivity contribution in [1.29, 1.82) is 0 Å². The molecule has 0 saturated carbocycles. The molecule has 0 saturated heterocycles. The Bertz CT molecular complexity index is 1030. The van der Waals surface area contributed by atoms with Gasteiger partial charge in [0.25, 0.3) is 5.91 Å². The third-order valence-corrected chi connectivity index (χ3v) is 7.68. The minimum Gasteiger partial charge on any atom is -0.462 e. The molecule has 3 rings (SSSR count). The Labute approximate surface area is 197 Å². The average molecular weight is 477 g/mol. The van der Waals surface area contributed by atoms with Crippen LogP contribution in [-0.2, 0) is 17.6 Å². The highest BCUT2D eigenvalue weighted by molar-refractivity contribution is 7.80. The molecule has 0 radical (unpaired) electrons. The minimum atomic E-state index is -0.522. The van der Waals surface area contributed by atoms with Gasteiger partial charge in [0.2, 0.25) is 0 Å². The van der Waals surface area contributed by atoms with Gasteiger partial charge in [0, 0.05) is 10.4 Å². The lowest BCUT2D eigenvalue weighted by Gasteiger charge is -2.36. The molecule has 2 N–H and O–H groups in total. The van der Waals surface area contributed by atoms with Crippen LogP contribution in [0.2, 0.25) is 0 Å². The van der Waals surface area contributed by atoms with Gasteiger partial charge < -0.3 is 10.1 Å². The van der Waals surface area contributed by atoms with Crippen molar-refractivity contribution in [3.8, 4) is 0 Å². The van der Waals surface area contributed by atoms with Gasteiger partial charge >= 0.3 is 5.97 Å². The third-order valence-electron chi connectivity index (χ3n) is 6.30. The number of carbonyl (C=O) groups is 2. The lowest BCUT2D eigenvalue weighted by molar-refractivity contribution is 0.0526. The molecule has 0 bridgehead atoms. The summed E-state index contributed by atoms with van der Waals surface area (Å²) in [5.74, 6) is -0.886. The number of rotatable bonds is 6. The number of amides is 1. The number of nitrogens with one attached hydrogen (secondary N) is 2. The number of thiocarbonyl (C=S) groups is 1. The van der Waals surface area contributed by atoms with E-state index in [9.17, 15) is 14.0 Å². The van der Waals surface area contributed by atoms with Crippen LogP contribution < -0.4 is 10.6 Å². The Kier molecular flexibility index (Phi) is 7.67. The van der Waals surface area contributed by atoms with Gasteiger partial charge in [-0.25, -0.2) is 9.18 Å². The summed E-state index contributed by atoms with van der Waals surface area (Å²) in [6.07, 6.45) is 3.80. The number of benzene rings is 1. The van der Waals surface area contributed by atoms with Crippen LogP contribution in [0, 0.1) is 17.2 Å². The summed E-state index contributed by atoms with van der Waals surface area (Å²) >= 11 is 6.80. The first-order chi connectivity index (χ1) is 15.2. The molecule has 1 aromatic carbocycles. The summed E-state index contributed by atoms with van der Waals surface area (Å²) < 4.78 is 18.7. The van der Waals surface area contributed by atoms with Crippen LogP contribution >= 0.6 is 23.6 Å². The molecule has 172 valence electrons. The van der Waals surface area contributed by atoms with Gasteiger partial charge in [0.15, 0.2) is 5.11 Å². The number of fused-ring (bicyclic) bond motifs is 1. The van der Waals surface area contributed by atoms with Gasteiger partial charge in [-0.2, -0.15) is 0 Å². The number of ether oxygens (including phenoxy) is 1. The van der Waals surface area contributed by atoms with E-state index in [0.29, 0.717) is 16.5 Å². The maximum atomic E-state index is 13.4. The Hall–Kier alpha value is -2.32. The first kappa shape index (κ1) is 24.3. The van der Waals surface area contributed by atoms with Crippen LogP contribution in [0.3, 0.4) is 0 Å². The monoisotopic (exact) mass is 476 g/mol. The number of thiophene rings is 1. The number of carbonyl (C=O) groups excluding carboxylic acids is 2. The zero-order valence-electron chi connectivity index (χ0n) is 18.8. The molecule has 0 aliphatic heterocycles. The van der Waals surface area contributed by atoms with Crippen LogP contribution in [0.1, 0.15) is 71.7 Å². The Balaban J connectivity index is 1.83. The zero-order chi connectivity index (χ0) is 23.5. The summed E-state index contributed by atoms with van der Waals surface area (Å²) in [5, 5.41) is 6.20. The Morgan fingerprint density at radius 3 is 2.72 bits per heavy atom. The average Bonchev–Trinajstić information content (AvgIpc) is 3.10. The van der Waals surface area contributed by atoms with Crippen LogP contribution in [0.4, 0.5) is 9.39 Å². The van der Waals surface area contributed by atoms with Gasteiger partial charge in [-0.3, -0.25) is 10.1 Å². The highest BCUT2D eigenvalue weighted by Crippen LogP contribution is 2.45. The van der Waals surface area contributed by atoms with Crippen molar-refractivity contribution in [2.75, 3.05) is 11.9 Å². The van der Waals surface area contributed by atoms with E-state index in [2.05, 4.69) is 31.4 Å². The Morgan fingerprint density at radius 2 is 2.06 bits per heavy atom. The van der Waals surface area contributed by atoms with Gasteiger partial charge in [0.05, 0.1) is 12.2 Å². The van der Waals surface area contributed by atoms with E-state index in [4.69, 9.17) is 17.0 Å². The first-order valence-corrected chi connectivity index (χ1v) is 12.1.